The predicted octanol–water partition coefficient (Wildman–Crippen LogP) is 1.69. The number of likely N-dealkylation sites (N-methyl/N-ethyl adjacent to an activating group) is 1. The minimum Gasteiger partial charge on any atom is -0.381 e. The Bertz CT molecular complexity index is 381. The van der Waals surface area contributed by atoms with Crippen LogP contribution in [0.3, 0.4) is 0 Å². The highest BCUT2D eigenvalue weighted by molar-refractivity contribution is 5.24. The Labute approximate surface area is 110 Å². The van der Waals surface area contributed by atoms with Crippen molar-refractivity contribution in [2.45, 2.75) is 39.7 Å². The molecule has 4 heteroatoms. The lowest BCUT2D eigenvalue weighted by Gasteiger charge is -2.22. The van der Waals surface area contributed by atoms with Gasteiger partial charge in [0.1, 0.15) is 0 Å². The average Bonchev–Trinajstić information content (AvgIpc) is 2.64. The number of aryl methyl sites for hydroxylation is 1. The standard InChI is InChI=1S/C14H25N3O/c1-11-14(4-7-15-3)12(2)17(16-11)10-13-5-8-18-9-6-13/h13,15H,4-10H2,1-3H3. The maximum atomic E-state index is 5.41. The zero-order valence-corrected chi connectivity index (χ0v) is 11.8. The van der Waals surface area contributed by atoms with Crippen LogP contribution in [0.4, 0.5) is 0 Å². The molecule has 1 saturated heterocycles. The molecule has 0 unspecified atom stereocenters. The third kappa shape index (κ3) is 3.12. The minimum atomic E-state index is 0.730. The van der Waals surface area contributed by atoms with Crippen molar-refractivity contribution in [1.82, 2.24) is 15.1 Å². The van der Waals surface area contributed by atoms with Crippen molar-refractivity contribution < 1.29 is 4.74 Å². The van der Waals surface area contributed by atoms with Gasteiger partial charge in [0, 0.05) is 25.5 Å². The first-order valence-corrected chi connectivity index (χ1v) is 6.97. The zero-order chi connectivity index (χ0) is 13.0. The van der Waals surface area contributed by atoms with Crippen LogP contribution in [0.2, 0.25) is 0 Å². The van der Waals surface area contributed by atoms with E-state index in [1.54, 1.807) is 0 Å². The molecular weight excluding hydrogens is 226 g/mol. The molecule has 1 fully saturated rings. The van der Waals surface area contributed by atoms with Gasteiger partial charge in [-0.05, 0) is 58.2 Å². The lowest BCUT2D eigenvalue weighted by molar-refractivity contribution is 0.0599. The average molecular weight is 251 g/mol. The molecule has 1 aromatic rings. The van der Waals surface area contributed by atoms with Crippen molar-refractivity contribution in [1.29, 1.82) is 0 Å². The summed E-state index contributed by atoms with van der Waals surface area (Å²) in [6.07, 6.45) is 3.41. The Morgan fingerprint density at radius 1 is 1.33 bits per heavy atom. The maximum Gasteiger partial charge on any atom is 0.0628 e. The Balaban J connectivity index is 2.03. The quantitative estimate of drug-likeness (QED) is 0.865. The van der Waals surface area contributed by atoms with Crippen molar-refractivity contribution in [3.8, 4) is 0 Å². The molecule has 0 bridgehead atoms. The van der Waals surface area contributed by atoms with Gasteiger partial charge in [0.15, 0.2) is 0 Å². The van der Waals surface area contributed by atoms with Crippen LogP contribution in [-0.2, 0) is 17.7 Å². The van der Waals surface area contributed by atoms with Crippen LogP contribution in [0, 0.1) is 19.8 Å². The number of rotatable bonds is 5. The van der Waals surface area contributed by atoms with E-state index in [-0.39, 0.29) is 0 Å². The van der Waals surface area contributed by atoms with E-state index < -0.39 is 0 Å². The van der Waals surface area contributed by atoms with E-state index >= 15 is 0 Å². The monoisotopic (exact) mass is 251 g/mol. The summed E-state index contributed by atoms with van der Waals surface area (Å²) in [5.41, 5.74) is 3.94. The van der Waals surface area contributed by atoms with Gasteiger partial charge in [0.05, 0.1) is 5.69 Å². The maximum absolute atomic E-state index is 5.41. The fraction of sp³-hybridized carbons (Fsp3) is 0.786. The molecule has 102 valence electrons. The second-order valence-corrected chi connectivity index (χ2v) is 5.24. The summed E-state index contributed by atoms with van der Waals surface area (Å²) in [6.45, 7) is 8.22. The molecule has 2 heterocycles. The Morgan fingerprint density at radius 3 is 2.72 bits per heavy atom. The van der Waals surface area contributed by atoms with Crippen LogP contribution >= 0.6 is 0 Å². The summed E-state index contributed by atoms with van der Waals surface area (Å²) < 4.78 is 7.62. The largest absolute Gasteiger partial charge is 0.381 e. The first-order valence-electron chi connectivity index (χ1n) is 6.97. The van der Waals surface area contributed by atoms with E-state index in [1.807, 2.05) is 7.05 Å². The van der Waals surface area contributed by atoms with Gasteiger partial charge >= 0.3 is 0 Å². The molecule has 0 spiro atoms. The van der Waals surface area contributed by atoms with E-state index in [2.05, 4.69) is 23.8 Å². The van der Waals surface area contributed by atoms with Gasteiger partial charge in [-0.2, -0.15) is 5.10 Å². The summed E-state index contributed by atoms with van der Waals surface area (Å²) in [6, 6.07) is 0. The molecule has 1 N–H and O–H groups in total. The van der Waals surface area contributed by atoms with Crippen LogP contribution < -0.4 is 5.32 Å². The molecule has 0 amide bonds. The first-order chi connectivity index (χ1) is 8.72. The number of nitrogens with zero attached hydrogens (tertiary/aromatic N) is 2. The second kappa shape index (κ2) is 6.34. The van der Waals surface area contributed by atoms with Crippen LogP contribution in [0.5, 0.6) is 0 Å². The Hall–Kier alpha value is -0.870. The van der Waals surface area contributed by atoms with Crippen molar-refractivity contribution >= 4 is 0 Å². The summed E-state index contributed by atoms with van der Waals surface area (Å²) in [4.78, 5) is 0. The number of ether oxygens (including phenoxy) is 1. The second-order valence-electron chi connectivity index (χ2n) is 5.24. The summed E-state index contributed by atoms with van der Waals surface area (Å²) in [7, 11) is 2.00. The Kier molecular flexibility index (Phi) is 4.78. The number of aromatic nitrogens is 2. The Morgan fingerprint density at radius 2 is 2.06 bits per heavy atom. The SMILES string of the molecule is CNCCc1c(C)nn(CC2CCOCC2)c1C. The van der Waals surface area contributed by atoms with Gasteiger partial charge in [-0.3, -0.25) is 4.68 Å². The number of nitrogens with one attached hydrogen (secondary N) is 1. The normalized spacial score (nSPS) is 17.3. The molecule has 4 nitrogen and oxygen atoms in total. The van der Waals surface area contributed by atoms with Crippen LogP contribution in [0.1, 0.15) is 29.8 Å². The molecule has 0 radical (unpaired) electrons. The van der Waals surface area contributed by atoms with Crippen molar-refractivity contribution in [3.63, 3.8) is 0 Å². The topological polar surface area (TPSA) is 39.1 Å². The highest BCUT2D eigenvalue weighted by atomic mass is 16.5. The zero-order valence-electron chi connectivity index (χ0n) is 11.8. The van der Waals surface area contributed by atoms with E-state index in [0.717, 1.165) is 38.6 Å². The van der Waals surface area contributed by atoms with E-state index in [4.69, 9.17) is 9.84 Å². The van der Waals surface area contributed by atoms with Gasteiger partial charge in [-0.1, -0.05) is 0 Å². The highest BCUT2D eigenvalue weighted by Gasteiger charge is 2.17. The van der Waals surface area contributed by atoms with Crippen LogP contribution in [0.15, 0.2) is 0 Å². The van der Waals surface area contributed by atoms with Gasteiger partial charge in [-0.15, -0.1) is 0 Å². The molecule has 0 atom stereocenters. The van der Waals surface area contributed by atoms with E-state index in [9.17, 15) is 0 Å². The van der Waals surface area contributed by atoms with E-state index in [1.165, 1.54) is 29.8 Å². The molecule has 1 aromatic heterocycles. The van der Waals surface area contributed by atoms with Gasteiger partial charge in [0.2, 0.25) is 0 Å². The van der Waals surface area contributed by atoms with Crippen LogP contribution in [0.25, 0.3) is 0 Å². The van der Waals surface area contributed by atoms with E-state index in [0.29, 0.717) is 0 Å². The molecule has 1 aliphatic heterocycles. The minimum absolute atomic E-state index is 0.730. The predicted molar refractivity (Wildman–Crippen MR) is 72.9 cm³/mol. The summed E-state index contributed by atoms with van der Waals surface area (Å²) >= 11 is 0. The smallest absolute Gasteiger partial charge is 0.0628 e. The molecular formula is C14H25N3O. The van der Waals surface area contributed by atoms with Crippen molar-refractivity contribution in [2.75, 3.05) is 26.8 Å². The summed E-state index contributed by atoms with van der Waals surface area (Å²) in [5, 5.41) is 7.91. The third-order valence-electron chi connectivity index (χ3n) is 3.93. The fourth-order valence-electron chi connectivity index (χ4n) is 2.70. The highest BCUT2D eigenvalue weighted by Crippen LogP contribution is 2.20. The molecule has 18 heavy (non-hydrogen) atoms. The lowest BCUT2D eigenvalue weighted by Crippen LogP contribution is -2.21. The van der Waals surface area contributed by atoms with Crippen molar-refractivity contribution in [2.24, 2.45) is 5.92 Å². The number of hydrogen-bond donors (Lipinski definition) is 1. The molecule has 0 aliphatic carbocycles. The molecule has 2 rings (SSSR count). The number of hydrogen-bond acceptors (Lipinski definition) is 3. The molecule has 0 aromatic carbocycles. The van der Waals surface area contributed by atoms with Gasteiger partial charge in [-0.25, -0.2) is 0 Å². The third-order valence-corrected chi connectivity index (χ3v) is 3.93. The first kappa shape index (κ1) is 13.6. The molecule has 0 saturated carbocycles. The lowest BCUT2D eigenvalue weighted by atomic mass is 10.0. The molecule has 1 aliphatic rings. The summed E-state index contributed by atoms with van der Waals surface area (Å²) in [5.74, 6) is 0.730. The fourth-order valence-corrected chi connectivity index (χ4v) is 2.70. The van der Waals surface area contributed by atoms with Crippen LogP contribution in [-0.4, -0.2) is 36.6 Å². The van der Waals surface area contributed by atoms with Gasteiger partial charge in [0.25, 0.3) is 0 Å². The van der Waals surface area contributed by atoms with Gasteiger partial charge < -0.3 is 10.1 Å². The van der Waals surface area contributed by atoms with Crippen molar-refractivity contribution in [3.05, 3.63) is 17.0 Å².